The van der Waals surface area contributed by atoms with Crippen molar-refractivity contribution in [3.63, 3.8) is 0 Å². The van der Waals surface area contributed by atoms with Crippen molar-refractivity contribution in [1.29, 1.82) is 0 Å². The number of amides is 1. The summed E-state index contributed by atoms with van der Waals surface area (Å²) in [5.74, 6) is -2.95. The molecule has 3 fully saturated rings. The van der Waals surface area contributed by atoms with Gasteiger partial charge < -0.3 is 38.4 Å². The topological polar surface area (TPSA) is 149 Å². The molecule has 1 aromatic rings. The Balaban J connectivity index is 1.58. The van der Waals surface area contributed by atoms with E-state index in [1.54, 1.807) is 31.3 Å². The molecule has 5 rings (SSSR count). The first-order valence-electron chi connectivity index (χ1n) is 19.9. The first-order chi connectivity index (χ1) is 25.9. The molecule has 1 aromatic carbocycles. The predicted molar refractivity (Wildman–Crippen MR) is 205 cm³/mol. The lowest BCUT2D eigenvalue weighted by atomic mass is 9.73. The van der Waals surface area contributed by atoms with E-state index in [9.17, 15) is 19.5 Å². The molecule has 1 amide bonds. The summed E-state index contributed by atoms with van der Waals surface area (Å²) in [5, 5.41) is 20.0. The number of esters is 1. The van der Waals surface area contributed by atoms with Crippen LogP contribution in [0.5, 0.6) is 5.75 Å². The van der Waals surface area contributed by atoms with Gasteiger partial charge in [-0.3, -0.25) is 9.59 Å². The Morgan fingerprint density at radius 1 is 1.04 bits per heavy atom. The van der Waals surface area contributed by atoms with Crippen LogP contribution in [0, 0.1) is 23.7 Å². The number of nitrogens with zero attached hydrogens (tertiary/aromatic N) is 4. The molecule has 0 aliphatic carbocycles. The molecular weight excluding hydrogens is 708 g/mol. The van der Waals surface area contributed by atoms with Crippen LogP contribution in [0.15, 0.2) is 29.4 Å². The summed E-state index contributed by atoms with van der Waals surface area (Å²) >= 11 is 0. The van der Waals surface area contributed by atoms with Gasteiger partial charge in [-0.2, -0.15) is 15.2 Å². The average Bonchev–Trinajstić information content (AvgIpc) is 3.43. The van der Waals surface area contributed by atoms with E-state index in [4.69, 9.17) is 33.5 Å². The Kier molecular flexibility index (Phi) is 13.3. The van der Waals surface area contributed by atoms with Crippen molar-refractivity contribution in [1.82, 2.24) is 15.0 Å². The number of aliphatic hydroxyl groups is 1. The fraction of sp³-hybridized carbons (Fsp3) is 0.756. The van der Waals surface area contributed by atoms with Crippen molar-refractivity contribution in [3.8, 4) is 5.75 Å². The number of hydrazone groups is 1. The van der Waals surface area contributed by atoms with Gasteiger partial charge in [-0.25, -0.2) is 4.79 Å². The van der Waals surface area contributed by atoms with E-state index in [-0.39, 0.29) is 24.0 Å². The summed E-state index contributed by atoms with van der Waals surface area (Å²) < 4.78 is 37.3. The number of likely N-dealkylation sites (N-methyl/N-ethyl adjacent to an activating group) is 1. The predicted octanol–water partition coefficient (Wildman–Crippen LogP) is 4.85. The van der Waals surface area contributed by atoms with E-state index >= 15 is 0 Å². The molecule has 1 unspecified atom stereocenters. The number of ether oxygens (including phenoxy) is 6. The number of para-hydroxylation sites is 1. The van der Waals surface area contributed by atoms with E-state index in [2.05, 4.69) is 6.92 Å². The van der Waals surface area contributed by atoms with Crippen LogP contribution in [0.4, 0.5) is 4.79 Å². The van der Waals surface area contributed by atoms with Gasteiger partial charge in [0.15, 0.2) is 17.7 Å². The Morgan fingerprint density at radius 2 is 1.73 bits per heavy atom. The molecule has 0 saturated carbocycles. The zero-order valence-electron chi connectivity index (χ0n) is 34.8. The highest BCUT2D eigenvalue weighted by Crippen LogP contribution is 2.46. The summed E-state index contributed by atoms with van der Waals surface area (Å²) in [5.41, 5.74) is -0.536. The van der Waals surface area contributed by atoms with Crippen LogP contribution in [-0.4, -0.2) is 133 Å². The Hall–Kier alpha value is -3.30. The lowest BCUT2D eigenvalue weighted by Gasteiger charge is -2.49. The van der Waals surface area contributed by atoms with E-state index in [1.807, 2.05) is 77.9 Å². The molecule has 3 saturated heterocycles. The largest absolute Gasteiger partial charge is 0.496 e. The smallest absolute Gasteiger partial charge is 0.431 e. The van der Waals surface area contributed by atoms with E-state index in [0.717, 1.165) is 17.0 Å². The molecule has 4 aliphatic rings. The second kappa shape index (κ2) is 17.1. The minimum atomic E-state index is -1.26. The lowest BCUT2D eigenvalue weighted by molar-refractivity contribution is -0.295. The summed E-state index contributed by atoms with van der Waals surface area (Å²) in [7, 11) is 7.03. The van der Waals surface area contributed by atoms with Gasteiger partial charge in [0.2, 0.25) is 0 Å². The third-order valence-electron chi connectivity index (χ3n) is 12.6. The van der Waals surface area contributed by atoms with Gasteiger partial charge in [-0.05, 0) is 91.4 Å². The Bertz CT molecular complexity index is 1570. The molecule has 4 heterocycles. The van der Waals surface area contributed by atoms with Crippen LogP contribution in [0.1, 0.15) is 86.6 Å². The highest BCUT2D eigenvalue weighted by atomic mass is 16.7. The number of hydrazine groups is 1. The molecule has 13 atom stereocenters. The highest BCUT2D eigenvalue weighted by molar-refractivity contribution is 6.00. The molecule has 0 radical (unpaired) electrons. The first-order valence-corrected chi connectivity index (χ1v) is 19.9. The van der Waals surface area contributed by atoms with Gasteiger partial charge in [-0.1, -0.05) is 45.9 Å². The lowest BCUT2D eigenvalue weighted by Crippen LogP contribution is -2.63. The van der Waals surface area contributed by atoms with Crippen LogP contribution in [0.3, 0.4) is 0 Å². The summed E-state index contributed by atoms with van der Waals surface area (Å²) in [6, 6.07) is 7.03. The summed E-state index contributed by atoms with van der Waals surface area (Å²) in [6.07, 6.45) is -2.04. The minimum Gasteiger partial charge on any atom is -0.496 e. The Morgan fingerprint density at radius 3 is 2.36 bits per heavy atom. The van der Waals surface area contributed by atoms with Crippen LogP contribution in [-0.2, 0) is 39.7 Å². The average molecular weight is 773 g/mol. The molecule has 1 N–H and O–H groups in total. The molecule has 55 heavy (non-hydrogen) atoms. The van der Waals surface area contributed by atoms with Crippen LogP contribution >= 0.6 is 0 Å². The molecule has 0 spiro atoms. The number of carbonyl (C=O) groups is 3. The number of fused-ring (bicyclic) bond motifs is 1. The molecule has 14 heteroatoms. The molecule has 14 nitrogen and oxygen atoms in total. The van der Waals surface area contributed by atoms with Crippen LogP contribution in [0.2, 0.25) is 0 Å². The number of rotatable bonds is 10. The number of carbonyl (C=O) groups excluding carboxylic acids is 3. The van der Waals surface area contributed by atoms with Crippen LogP contribution < -0.4 is 4.74 Å². The van der Waals surface area contributed by atoms with E-state index < -0.39 is 71.5 Å². The van der Waals surface area contributed by atoms with Crippen LogP contribution in [0.25, 0.3) is 0 Å². The van der Waals surface area contributed by atoms with Crippen molar-refractivity contribution >= 4 is 23.6 Å². The number of benzene rings is 1. The number of Topliss-reactive ketones (excluding diaryl/α,β-unsaturated/α-hetero) is 1. The number of methoxy groups -OCH3 is 2. The Labute approximate surface area is 326 Å². The molecule has 4 aliphatic heterocycles. The SMILES string of the molecule is CC[C@H]1OC(=O)[C@H](C)C(=O)[C@H](C)[C@@H](O[C@H]2O[C@@H](C)C[C@@H](N(C)C)[C@@H]2O)C(C)(OC)C[C@@H](C)C2=NN(CCCc3ccccc3OC)N3C(=O)O[C@@]1(C)[C@H]3[C@H]2C. The number of hydrogen-bond acceptors (Lipinski definition) is 13. The number of cyclic esters (lactones) is 1. The monoisotopic (exact) mass is 772 g/mol. The van der Waals surface area contributed by atoms with Gasteiger partial charge in [-0.15, -0.1) is 0 Å². The standard InChI is InChI=1S/C41H64N4O10/c1-13-31-41(8)35-25(4)32(42-44(45(35)39(49)55-41)20-16-18-28-17-14-15-19-30(28)50-11)23(2)22-40(7,51-12)36(26(5)33(46)27(6)37(48)53-31)54-38-34(47)29(43(9)10)21-24(3)52-38/h14-15,17,19,23-27,29,31,34-36,38,47H,13,16,18,20-22H2,1-12H3/t23-,24+,25+,26+,27-,29-,31-,34+,35-,36-,38-,40?,41-/m1/s1. The van der Waals surface area contributed by atoms with E-state index in [1.165, 1.54) is 6.92 Å². The number of aryl methyl sites for hydroxylation is 1. The maximum absolute atomic E-state index is 14.3. The molecule has 2 bridgehead atoms. The number of ketones is 1. The highest BCUT2D eigenvalue weighted by Gasteiger charge is 2.63. The quantitative estimate of drug-likeness (QED) is 0.256. The fourth-order valence-electron chi connectivity index (χ4n) is 9.44. The van der Waals surface area contributed by atoms with Crippen molar-refractivity contribution < 1.29 is 47.9 Å². The van der Waals surface area contributed by atoms with Crippen molar-refractivity contribution in [3.05, 3.63) is 29.8 Å². The third-order valence-corrected chi connectivity index (χ3v) is 12.6. The van der Waals surface area contributed by atoms with E-state index in [0.29, 0.717) is 38.6 Å². The van der Waals surface area contributed by atoms with Crippen molar-refractivity contribution in [2.75, 3.05) is 34.9 Å². The number of hydrogen-bond donors (Lipinski definition) is 1. The minimum absolute atomic E-state index is 0.224. The van der Waals surface area contributed by atoms with Gasteiger partial charge in [0.05, 0.1) is 31.5 Å². The molecule has 0 aromatic heterocycles. The third kappa shape index (κ3) is 8.25. The fourth-order valence-corrected chi connectivity index (χ4v) is 9.44. The van der Waals surface area contributed by atoms with Gasteiger partial charge >= 0.3 is 12.1 Å². The maximum Gasteiger partial charge on any atom is 0.431 e. The van der Waals surface area contributed by atoms with Gasteiger partial charge in [0.25, 0.3) is 0 Å². The second-order valence-corrected chi connectivity index (χ2v) is 16.7. The zero-order valence-corrected chi connectivity index (χ0v) is 34.8. The van der Waals surface area contributed by atoms with Crippen molar-refractivity contribution in [2.24, 2.45) is 28.8 Å². The normalized spacial score (nSPS) is 38.7. The van der Waals surface area contributed by atoms with Gasteiger partial charge in [0.1, 0.15) is 29.9 Å². The maximum atomic E-state index is 14.3. The second-order valence-electron chi connectivity index (χ2n) is 16.7. The summed E-state index contributed by atoms with van der Waals surface area (Å²) in [4.78, 5) is 44.2. The summed E-state index contributed by atoms with van der Waals surface area (Å²) in [6.45, 7) is 15.3. The number of aliphatic hydroxyl groups excluding tert-OH is 1. The molecule has 308 valence electrons. The van der Waals surface area contributed by atoms with Crippen molar-refractivity contribution in [2.45, 2.75) is 141 Å². The van der Waals surface area contributed by atoms with Gasteiger partial charge in [0, 0.05) is 30.7 Å². The zero-order chi connectivity index (χ0) is 40.6. The molecular formula is C41H64N4O10. The first kappa shape index (κ1) is 42.8.